The molecule has 0 saturated carbocycles. The highest BCUT2D eigenvalue weighted by molar-refractivity contribution is 9.10. The molecule has 0 aliphatic carbocycles. The van der Waals surface area contributed by atoms with Crippen LogP contribution in [0.25, 0.3) is 6.08 Å². The first-order valence-corrected chi connectivity index (χ1v) is 9.94. The normalized spacial score (nSPS) is 11.1. The summed E-state index contributed by atoms with van der Waals surface area (Å²) in [5, 5.41) is 5.63. The lowest BCUT2D eigenvalue weighted by atomic mass is 10.1. The van der Waals surface area contributed by atoms with E-state index in [0.29, 0.717) is 11.3 Å². The average molecular weight is 449 g/mol. The summed E-state index contributed by atoms with van der Waals surface area (Å²) >= 11 is 3.40. The molecule has 2 amide bonds. The number of aryl methyl sites for hydroxylation is 2. The second-order valence-corrected chi connectivity index (χ2v) is 7.61. The highest BCUT2D eigenvalue weighted by atomic mass is 79.9. The Labute approximate surface area is 178 Å². The summed E-state index contributed by atoms with van der Waals surface area (Å²) in [4.78, 5) is 25.6. The molecule has 0 radical (unpaired) electrons. The number of hydrogen-bond donors (Lipinski definition) is 2. The third kappa shape index (κ3) is 5.65. The molecule has 0 heterocycles. The number of anilines is 1. The number of para-hydroxylation sites is 1. The minimum atomic E-state index is -0.386. The molecular formula is C24H21BrN2O2. The van der Waals surface area contributed by atoms with E-state index >= 15 is 0 Å². The third-order valence-corrected chi connectivity index (χ3v) is 4.91. The zero-order chi connectivity index (χ0) is 20.8. The van der Waals surface area contributed by atoms with Crippen molar-refractivity contribution >= 4 is 39.5 Å². The SMILES string of the molecule is Cc1ccc(C(=O)N/C(=C/c2ccc(Br)cc2)C(=O)Nc2ccccc2C)cc1. The molecule has 29 heavy (non-hydrogen) atoms. The summed E-state index contributed by atoms with van der Waals surface area (Å²) in [6.45, 7) is 3.87. The van der Waals surface area contributed by atoms with Crippen molar-refractivity contribution in [2.75, 3.05) is 5.32 Å². The first-order chi connectivity index (χ1) is 13.9. The second kappa shape index (κ2) is 9.34. The summed E-state index contributed by atoms with van der Waals surface area (Å²) in [6, 6.07) is 22.2. The van der Waals surface area contributed by atoms with Gasteiger partial charge in [-0.1, -0.05) is 64.0 Å². The summed E-state index contributed by atoms with van der Waals surface area (Å²) in [5.41, 5.74) is 4.15. The maximum Gasteiger partial charge on any atom is 0.272 e. The Morgan fingerprint density at radius 1 is 0.862 bits per heavy atom. The van der Waals surface area contributed by atoms with Crippen LogP contribution in [0.1, 0.15) is 27.0 Å². The minimum absolute atomic E-state index is 0.168. The Balaban J connectivity index is 1.89. The van der Waals surface area contributed by atoms with Gasteiger partial charge in [0.2, 0.25) is 0 Å². The van der Waals surface area contributed by atoms with Gasteiger partial charge in [-0.25, -0.2) is 0 Å². The molecule has 0 bridgehead atoms. The van der Waals surface area contributed by atoms with Gasteiger partial charge < -0.3 is 10.6 Å². The smallest absolute Gasteiger partial charge is 0.272 e. The quantitative estimate of drug-likeness (QED) is 0.507. The van der Waals surface area contributed by atoms with Gasteiger partial charge in [0.1, 0.15) is 5.70 Å². The van der Waals surface area contributed by atoms with Crippen molar-refractivity contribution in [3.05, 3.63) is 105 Å². The molecule has 0 unspecified atom stereocenters. The molecule has 0 fully saturated rings. The van der Waals surface area contributed by atoms with E-state index in [1.54, 1.807) is 18.2 Å². The van der Waals surface area contributed by atoms with Gasteiger partial charge in [-0.2, -0.15) is 0 Å². The minimum Gasteiger partial charge on any atom is -0.320 e. The number of benzene rings is 3. The highest BCUT2D eigenvalue weighted by Crippen LogP contribution is 2.17. The zero-order valence-corrected chi connectivity index (χ0v) is 17.8. The largest absolute Gasteiger partial charge is 0.320 e. The van der Waals surface area contributed by atoms with E-state index in [1.165, 1.54) is 0 Å². The number of hydrogen-bond acceptors (Lipinski definition) is 2. The highest BCUT2D eigenvalue weighted by Gasteiger charge is 2.15. The predicted octanol–water partition coefficient (Wildman–Crippen LogP) is 5.48. The molecule has 0 atom stereocenters. The first-order valence-electron chi connectivity index (χ1n) is 9.14. The first kappa shape index (κ1) is 20.6. The summed E-state index contributed by atoms with van der Waals surface area (Å²) < 4.78 is 0.934. The van der Waals surface area contributed by atoms with Crippen molar-refractivity contribution in [3.8, 4) is 0 Å². The van der Waals surface area contributed by atoms with Gasteiger partial charge in [0.25, 0.3) is 11.8 Å². The fourth-order valence-electron chi connectivity index (χ4n) is 2.69. The standard InChI is InChI=1S/C24H21BrN2O2/c1-16-7-11-19(12-8-16)23(28)27-22(15-18-9-13-20(25)14-10-18)24(29)26-21-6-4-3-5-17(21)2/h3-15H,1-2H3,(H,26,29)(H,27,28)/b22-15+. The maximum absolute atomic E-state index is 13.0. The molecule has 0 aliphatic heterocycles. The van der Waals surface area contributed by atoms with Gasteiger partial charge in [-0.05, 0) is 61.4 Å². The molecule has 0 aliphatic rings. The third-order valence-electron chi connectivity index (χ3n) is 4.38. The molecule has 3 aromatic carbocycles. The monoisotopic (exact) mass is 448 g/mol. The van der Waals surface area contributed by atoms with Gasteiger partial charge in [-0.15, -0.1) is 0 Å². The molecule has 3 aromatic rings. The van der Waals surface area contributed by atoms with Crippen LogP contribution >= 0.6 is 15.9 Å². The molecule has 0 saturated heterocycles. The number of halogens is 1. The fourth-order valence-corrected chi connectivity index (χ4v) is 2.95. The Morgan fingerprint density at radius 3 is 2.17 bits per heavy atom. The van der Waals surface area contributed by atoms with Gasteiger partial charge in [0.05, 0.1) is 0 Å². The molecular weight excluding hydrogens is 428 g/mol. The Bertz CT molecular complexity index is 1050. The summed E-state index contributed by atoms with van der Waals surface area (Å²) in [5.74, 6) is -0.726. The second-order valence-electron chi connectivity index (χ2n) is 6.70. The van der Waals surface area contributed by atoms with E-state index in [9.17, 15) is 9.59 Å². The number of carbonyl (C=O) groups excluding carboxylic acids is 2. The van der Waals surface area contributed by atoms with E-state index in [2.05, 4.69) is 26.6 Å². The molecule has 0 spiro atoms. The van der Waals surface area contributed by atoms with Gasteiger partial charge in [0.15, 0.2) is 0 Å². The lowest BCUT2D eigenvalue weighted by Crippen LogP contribution is -2.30. The van der Waals surface area contributed by atoms with Crippen molar-refractivity contribution in [2.24, 2.45) is 0 Å². The van der Waals surface area contributed by atoms with Crippen LogP contribution in [-0.4, -0.2) is 11.8 Å². The zero-order valence-electron chi connectivity index (χ0n) is 16.2. The molecule has 146 valence electrons. The van der Waals surface area contributed by atoms with Crippen molar-refractivity contribution in [2.45, 2.75) is 13.8 Å². The topological polar surface area (TPSA) is 58.2 Å². The molecule has 4 nitrogen and oxygen atoms in total. The Kier molecular flexibility index (Phi) is 6.62. The van der Waals surface area contributed by atoms with Crippen LogP contribution in [0, 0.1) is 13.8 Å². The molecule has 5 heteroatoms. The number of nitrogens with one attached hydrogen (secondary N) is 2. The van der Waals surface area contributed by atoms with E-state index in [0.717, 1.165) is 21.2 Å². The maximum atomic E-state index is 13.0. The fraction of sp³-hybridized carbons (Fsp3) is 0.0833. The van der Waals surface area contributed by atoms with E-state index in [1.807, 2.05) is 74.5 Å². The number of rotatable bonds is 5. The average Bonchev–Trinajstić information content (AvgIpc) is 2.71. The van der Waals surface area contributed by atoms with Crippen LogP contribution in [0.2, 0.25) is 0 Å². The number of carbonyl (C=O) groups is 2. The van der Waals surface area contributed by atoms with E-state index < -0.39 is 0 Å². The lowest BCUT2D eigenvalue weighted by Gasteiger charge is -2.13. The van der Waals surface area contributed by atoms with Crippen LogP contribution in [0.15, 0.2) is 83.0 Å². The van der Waals surface area contributed by atoms with Gasteiger partial charge in [-0.3, -0.25) is 9.59 Å². The summed E-state index contributed by atoms with van der Waals surface area (Å²) in [7, 11) is 0. The van der Waals surface area contributed by atoms with Crippen LogP contribution in [-0.2, 0) is 4.79 Å². The Hall–Kier alpha value is -3.18. The lowest BCUT2D eigenvalue weighted by molar-refractivity contribution is -0.113. The summed E-state index contributed by atoms with van der Waals surface area (Å²) in [6.07, 6.45) is 1.66. The predicted molar refractivity (Wildman–Crippen MR) is 121 cm³/mol. The van der Waals surface area contributed by atoms with Crippen molar-refractivity contribution in [1.29, 1.82) is 0 Å². The van der Waals surface area contributed by atoms with Gasteiger partial charge >= 0.3 is 0 Å². The molecule has 2 N–H and O–H groups in total. The Morgan fingerprint density at radius 2 is 1.52 bits per heavy atom. The van der Waals surface area contributed by atoms with E-state index in [4.69, 9.17) is 0 Å². The molecule has 0 aromatic heterocycles. The van der Waals surface area contributed by atoms with Gasteiger partial charge in [0, 0.05) is 15.7 Å². The number of amides is 2. The van der Waals surface area contributed by atoms with Crippen LogP contribution < -0.4 is 10.6 Å². The van der Waals surface area contributed by atoms with Crippen molar-refractivity contribution < 1.29 is 9.59 Å². The molecule has 3 rings (SSSR count). The van der Waals surface area contributed by atoms with Crippen LogP contribution in [0.4, 0.5) is 5.69 Å². The van der Waals surface area contributed by atoms with Crippen molar-refractivity contribution in [1.82, 2.24) is 5.32 Å². The van der Waals surface area contributed by atoms with E-state index in [-0.39, 0.29) is 17.5 Å². The van der Waals surface area contributed by atoms with Crippen molar-refractivity contribution in [3.63, 3.8) is 0 Å². The van der Waals surface area contributed by atoms with Crippen LogP contribution in [0.5, 0.6) is 0 Å². The van der Waals surface area contributed by atoms with Crippen LogP contribution in [0.3, 0.4) is 0 Å².